The van der Waals surface area contributed by atoms with Gasteiger partial charge in [-0.1, -0.05) is 12.1 Å². The van der Waals surface area contributed by atoms with E-state index in [4.69, 9.17) is 4.74 Å². The Morgan fingerprint density at radius 2 is 1.69 bits per heavy atom. The lowest BCUT2D eigenvalue weighted by Crippen LogP contribution is -2.40. The number of rotatable bonds is 8. The second-order valence-electron chi connectivity index (χ2n) is 7.21. The molecule has 6 heteroatoms. The summed E-state index contributed by atoms with van der Waals surface area (Å²) in [6.45, 7) is 6.99. The highest BCUT2D eigenvalue weighted by atomic mass is 16.5. The number of pyridine rings is 1. The third-order valence-electron chi connectivity index (χ3n) is 5.10. The number of imide groups is 1. The third-order valence-corrected chi connectivity index (χ3v) is 5.10. The van der Waals surface area contributed by atoms with Crippen molar-refractivity contribution in [2.75, 3.05) is 20.2 Å². The van der Waals surface area contributed by atoms with Crippen LogP contribution in [0.25, 0.3) is 5.57 Å². The van der Waals surface area contributed by atoms with Crippen molar-refractivity contribution in [3.63, 3.8) is 0 Å². The van der Waals surface area contributed by atoms with Gasteiger partial charge in [0.2, 0.25) is 0 Å². The Labute approximate surface area is 171 Å². The average Bonchev–Trinajstić information content (AvgIpc) is 3.00. The van der Waals surface area contributed by atoms with Gasteiger partial charge in [-0.2, -0.15) is 0 Å². The fourth-order valence-corrected chi connectivity index (χ4v) is 3.56. The number of carbonyl (C=O) groups excluding carboxylic acids is 2. The van der Waals surface area contributed by atoms with Crippen molar-refractivity contribution in [2.24, 2.45) is 0 Å². The van der Waals surface area contributed by atoms with Gasteiger partial charge in [-0.15, -0.1) is 0 Å². The van der Waals surface area contributed by atoms with Crippen LogP contribution in [0.3, 0.4) is 0 Å². The lowest BCUT2D eigenvalue weighted by Gasteiger charge is -2.25. The van der Waals surface area contributed by atoms with Crippen LogP contribution >= 0.6 is 0 Å². The maximum absolute atomic E-state index is 13.2. The van der Waals surface area contributed by atoms with E-state index in [1.807, 2.05) is 62.1 Å². The van der Waals surface area contributed by atoms with Gasteiger partial charge in [0, 0.05) is 31.5 Å². The van der Waals surface area contributed by atoms with Crippen LogP contribution in [0.1, 0.15) is 31.9 Å². The molecule has 0 bridgehead atoms. The Kier molecular flexibility index (Phi) is 6.32. The van der Waals surface area contributed by atoms with Crippen LogP contribution in [0.15, 0.2) is 54.5 Å². The minimum atomic E-state index is -0.243. The first-order chi connectivity index (χ1) is 14.0. The lowest BCUT2D eigenvalue weighted by molar-refractivity contribution is -0.139. The minimum absolute atomic E-state index is 0.209. The van der Waals surface area contributed by atoms with E-state index in [0.717, 1.165) is 17.5 Å². The van der Waals surface area contributed by atoms with Gasteiger partial charge in [-0.05, 0) is 62.6 Å². The van der Waals surface area contributed by atoms with Crippen LogP contribution in [0, 0.1) is 0 Å². The lowest BCUT2D eigenvalue weighted by atomic mass is 10.0. The van der Waals surface area contributed by atoms with E-state index in [0.29, 0.717) is 30.1 Å². The maximum Gasteiger partial charge on any atom is 0.278 e. The topological polar surface area (TPSA) is 62.7 Å². The molecule has 0 saturated carbocycles. The molecule has 1 aliphatic rings. The van der Waals surface area contributed by atoms with Crippen LogP contribution in [-0.2, 0) is 16.0 Å². The van der Waals surface area contributed by atoms with Crippen molar-refractivity contribution in [3.8, 4) is 5.75 Å². The number of hydrogen-bond donors (Lipinski definition) is 0. The molecule has 0 radical (unpaired) electrons. The highest BCUT2D eigenvalue weighted by Crippen LogP contribution is 2.33. The van der Waals surface area contributed by atoms with Gasteiger partial charge < -0.3 is 9.64 Å². The van der Waals surface area contributed by atoms with Crippen molar-refractivity contribution < 1.29 is 14.3 Å². The summed E-state index contributed by atoms with van der Waals surface area (Å²) in [7, 11) is 1.60. The van der Waals surface area contributed by atoms with E-state index in [2.05, 4.69) is 4.98 Å². The molecule has 0 aliphatic carbocycles. The van der Waals surface area contributed by atoms with Crippen molar-refractivity contribution >= 4 is 17.4 Å². The summed E-state index contributed by atoms with van der Waals surface area (Å²) in [6.07, 6.45) is 4.29. The summed E-state index contributed by atoms with van der Waals surface area (Å²) < 4.78 is 5.23. The maximum atomic E-state index is 13.2. The first kappa shape index (κ1) is 20.6. The SMILES string of the molecule is CCN(CCc1ccncc1)C1=C(c2ccc(OC)cc2)C(=O)N(C(C)C)C1=O. The van der Waals surface area contributed by atoms with Crippen molar-refractivity contribution in [1.82, 2.24) is 14.8 Å². The fraction of sp³-hybridized carbons (Fsp3) is 0.348. The van der Waals surface area contributed by atoms with Gasteiger partial charge in [0.1, 0.15) is 11.4 Å². The molecule has 6 nitrogen and oxygen atoms in total. The standard InChI is InChI=1S/C23H27N3O3/c1-5-25(15-12-17-10-13-24-14-11-17)21-20(18-6-8-19(29-4)9-7-18)22(27)26(16(2)3)23(21)28/h6-11,13-14,16H,5,12,15H2,1-4H3. The Hall–Kier alpha value is -3.15. The number of amides is 2. The number of benzene rings is 1. The molecule has 0 spiro atoms. The Bertz CT molecular complexity index is 905. The van der Waals surface area contributed by atoms with E-state index >= 15 is 0 Å². The van der Waals surface area contributed by atoms with Crippen LogP contribution in [0.5, 0.6) is 5.75 Å². The summed E-state index contributed by atoms with van der Waals surface area (Å²) in [4.78, 5) is 33.8. The van der Waals surface area contributed by atoms with Gasteiger partial charge in [0.25, 0.3) is 11.8 Å². The number of nitrogens with zero attached hydrogens (tertiary/aromatic N) is 3. The molecule has 3 rings (SSSR count). The number of likely N-dealkylation sites (N-methyl/N-ethyl adjacent to an activating group) is 1. The van der Waals surface area contributed by atoms with Gasteiger partial charge in [0.05, 0.1) is 12.7 Å². The molecule has 0 N–H and O–H groups in total. The molecule has 1 aromatic carbocycles. The summed E-state index contributed by atoms with van der Waals surface area (Å²) in [6, 6.07) is 11.0. The van der Waals surface area contributed by atoms with Crippen LogP contribution in [-0.4, -0.2) is 52.8 Å². The summed E-state index contributed by atoms with van der Waals surface area (Å²) >= 11 is 0. The predicted molar refractivity (Wildman–Crippen MR) is 112 cm³/mol. The Morgan fingerprint density at radius 1 is 1.03 bits per heavy atom. The van der Waals surface area contributed by atoms with Crippen LogP contribution < -0.4 is 4.74 Å². The molecule has 2 amide bonds. The van der Waals surface area contributed by atoms with Gasteiger partial charge in [-0.3, -0.25) is 19.5 Å². The zero-order valence-electron chi connectivity index (χ0n) is 17.4. The summed E-state index contributed by atoms with van der Waals surface area (Å²) in [5.41, 5.74) is 2.81. The molecule has 0 saturated heterocycles. The third kappa shape index (κ3) is 4.16. The Morgan fingerprint density at radius 3 is 2.24 bits per heavy atom. The van der Waals surface area contributed by atoms with Crippen molar-refractivity contribution in [1.29, 1.82) is 0 Å². The van der Waals surface area contributed by atoms with Crippen LogP contribution in [0.2, 0.25) is 0 Å². The Balaban J connectivity index is 2.00. The van der Waals surface area contributed by atoms with Gasteiger partial charge in [0.15, 0.2) is 0 Å². The average molecular weight is 393 g/mol. The molecule has 0 unspecified atom stereocenters. The predicted octanol–water partition coefficient (Wildman–Crippen LogP) is 3.14. The first-order valence-electron chi connectivity index (χ1n) is 9.88. The molecule has 1 aliphatic heterocycles. The molecule has 2 heterocycles. The largest absolute Gasteiger partial charge is 0.497 e. The second-order valence-corrected chi connectivity index (χ2v) is 7.21. The quantitative estimate of drug-likeness (QED) is 0.645. The summed E-state index contributed by atoms with van der Waals surface area (Å²) in [5.74, 6) is 0.235. The molecule has 0 atom stereocenters. The van der Waals surface area contributed by atoms with E-state index in [1.54, 1.807) is 19.5 Å². The molecule has 29 heavy (non-hydrogen) atoms. The molecular weight excluding hydrogens is 366 g/mol. The molecular formula is C23H27N3O3. The monoisotopic (exact) mass is 393 g/mol. The highest BCUT2D eigenvalue weighted by molar-refractivity contribution is 6.35. The van der Waals surface area contributed by atoms with E-state index in [9.17, 15) is 9.59 Å². The number of carbonyl (C=O) groups is 2. The second kappa shape index (κ2) is 8.90. The van der Waals surface area contributed by atoms with E-state index < -0.39 is 0 Å². The summed E-state index contributed by atoms with van der Waals surface area (Å²) in [5, 5.41) is 0. The number of ether oxygens (including phenoxy) is 1. The zero-order valence-corrected chi connectivity index (χ0v) is 17.4. The minimum Gasteiger partial charge on any atom is -0.497 e. The smallest absolute Gasteiger partial charge is 0.278 e. The van der Waals surface area contributed by atoms with Crippen LogP contribution in [0.4, 0.5) is 0 Å². The van der Waals surface area contributed by atoms with Gasteiger partial charge in [-0.25, -0.2) is 0 Å². The van der Waals surface area contributed by atoms with Crippen molar-refractivity contribution in [3.05, 3.63) is 65.6 Å². The first-order valence-corrected chi connectivity index (χ1v) is 9.88. The number of aromatic nitrogens is 1. The molecule has 1 aromatic heterocycles. The number of methoxy groups -OCH3 is 1. The highest BCUT2D eigenvalue weighted by Gasteiger charge is 2.42. The molecule has 152 valence electrons. The zero-order chi connectivity index (χ0) is 21.0. The molecule has 2 aromatic rings. The normalized spacial score (nSPS) is 14.2. The number of hydrogen-bond acceptors (Lipinski definition) is 5. The molecule has 0 fully saturated rings. The van der Waals surface area contributed by atoms with E-state index in [-0.39, 0.29) is 17.9 Å². The fourth-order valence-electron chi connectivity index (χ4n) is 3.56. The van der Waals surface area contributed by atoms with Gasteiger partial charge >= 0.3 is 0 Å². The van der Waals surface area contributed by atoms with Crippen molar-refractivity contribution in [2.45, 2.75) is 33.2 Å². The van der Waals surface area contributed by atoms with E-state index in [1.165, 1.54) is 4.90 Å².